The number of hydrogen-bond acceptors (Lipinski definition) is 2. The van der Waals surface area contributed by atoms with Crippen molar-refractivity contribution in [2.24, 2.45) is 5.92 Å². The Bertz CT molecular complexity index is 254. The molecule has 1 heterocycles. The summed E-state index contributed by atoms with van der Waals surface area (Å²) in [6.07, 6.45) is 4.64. The maximum Gasteiger partial charge on any atom is 0.0541 e. The standard InChI is InChI=1S/C11H16N2/c1-9(10-5-6-10)13-8-11-4-2-3-7-12-11/h2-4,7,9-10,13H,5-6,8H2,1H3/t9-/m1/s1. The van der Waals surface area contributed by atoms with Crippen molar-refractivity contribution in [3.8, 4) is 0 Å². The van der Waals surface area contributed by atoms with E-state index in [9.17, 15) is 0 Å². The lowest BCUT2D eigenvalue weighted by molar-refractivity contribution is 0.492. The lowest BCUT2D eigenvalue weighted by Gasteiger charge is -2.11. The fourth-order valence-corrected chi connectivity index (χ4v) is 1.53. The SMILES string of the molecule is C[C@@H](NCc1ccccn1)C1CC1. The van der Waals surface area contributed by atoms with Crippen LogP contribution in [0.3, 0.4) is 0 Å². The zero-order chi connectivity index (χ0) is 9.10. The minimum absolute atomic E-state index is 0.655. The van der Waals surface area contributed by atoms with Crippen LogP contribution in [0, 0.1) is 5.92 Å². The maximum absolute atomic E-state index is 4.27. The summed E-state index contributed by atoms with van der Waals surface area (Å²) in [7, 11) is 0. The lowest BCUT2D eigenvalue weighted by atomic mass is 10.2. The second-order valence-electron chi connectivity index (χ2n) is 3.83. The van der Waals surface area contributed by atoms with Gasteiger partial charge in [-0.15, -0.1) is 0 Å². The molecule has 2 heteroatoms. The molecule has 1 atom stereocenters. The Morgan fingerprint density at radius 2 is 2.38 bits per heavy atom. The Kier molecular flexibility index (Phi) is 2.60. The predicted molar refractivity (Wildman–Crippen MR) is 53.3 cm³/mol. The zero-order valence-electron chi connectivity index (χ0n) is 8.03. The van der Waals surface area contributed by atoms with Gasteiger partial charge in [0.05, 0.1) is 5.69 Å². The average molecular weight is 176 g/mol. The Balaban J connectivity index is 1.78. The zero-order valence-corrected chi connectivity index (χ0v) is 8.03. The van der Waals surface area contributed by atoms with Crippen LogP contribution in [0.2, 0.25) is 0 Å². The molecule has 0 spiro atoms. The molecular weight excluding hydrogens is 160 g/mol. The molecule has 1 N–H and O–H groups in total. The molecule has 1 aliphatic carbocycles. The number of pyridine rings is 1. The van der Waals surface area contributed by atoms with Gasteiger partial charge in [-0.1, -0.05) is 6.07 Å². The first-order chi connectivity index (χ1) is 6.36. The largest absolute Gasteiger partial charge is 0.308 e. The molecule has 0 unspecified atom stereocenters. The molecule has 1 saturated carbocycles. The molecule has 0 bridgehead atoms. The first-order valence-corrected chi connectivity index (χ1v) is 4.99. The molecule has 70 valence electrons. The van der Waals surface area contributed by atoms with Gasteiger partial charge >= 0.3 is 0 Å². The van der Waals surface area contributed by atoms with Crippen LogP contribution in [-0.4, -0.2) is 11.0 Å². The quantitative estimate of drug-likeness (QED) is 0.758. The summed E-state index contributed by atoms with van der Waals surface area (Å²) < 4.78 is 0. The van der Waals surface area contributed by atoms with Crippen LogP contribution in [-0.2, 0) is 6.54 Å². The van der Waals surface area contributed by atoms with Crippen molar-refractivity contribution in [2.75, 3.05) is 0 Å². The molecule has 0 saturated heterocycles. The summed E-state index contributed by atoms with van der Waals surface area (Å²) in [5, 5.41) is 3.50. The summed E-state index contributed by atoms with van der Waals surface area (Å²) >= 11 is 0. The van der Waals surface area contributed by atoms with Crippen molar-refractivity contribution in [1.29, 1.82) is 0 Å². The van der Waals surface area contributed by atoms with Gasteiger partial charge in [0.15, 0.2) is 0 Å². The van der Waals surface area contributed by atoms with Crippen LogP contribution in [0.15, 0.2) is 24.4 Å². The number of aromatic nitrogens is 1. The Morgan fingerprint density at radius 1 is 1.54 bits per heavy atom. The summed E-state index contributed by atoms with van der Waals surface area (Å²) in [4.78, 5) is 4.27. The maximum atomic E-state index is 4.27. The lowest BCUT2D eigenvalue weighted by Crippen LogP contribution is -2.27. The molecule has 0 aliphatic heterocycles. The summed E-state index contributed by atoms with van der Waals surface area (Å²) in [5.74, 6) is 0.920. The third-order valence-corrected chi connectivity index (χ3v) is 2.66. The van der Waals surface area contributed by atoms with Crippen molar-refractivity contribution in [3.63, 3.8) is 0 Å². The van der Waals surface area contributed by atoms with Crippen molar-refractivity contribution in [2.45, 2.75) is 32.4 Å². The van der Waals surface area contributed by atoms with E-state index >= 15 is 0 Å². The highest BCUT2D eigenvalue weighted by Crippen LogP contribution is 2.32. The van der Waals surface area contributed by atoms with E-state index in [2.05, 4.69) is 23.3 Å². The molecule has 1 fully saturated rings. The minimum atomic E-state index is 0.655. The number of nitrogens with zero attached hydrogens (tertiary/aromatic N) is 1. The van der Waals surface area contributed by atoms with Crippen molar-refractivity contribution < 1.29 is 0 Å². The van der Waals surface area contributed by atoms with Crippen molar-refractivity contribution in [3.05, 3.63) is 30.1 Å². The summed E-state index contributed by atoms with van der Waals surface area (Å²) in [6.45, 7) is 3.17. The number of hydrogen-bond donors (Lipinski definition) is 1. The van der Waals surface area contributed by atoms with Gasteiger partial charge in [-0.3, -0.25) is 4.98 Å². The first-order valence-electron chi connectivity index (χ1n) is 4.99. The van der Waals surface area contributed by atoms with Crippen molar-refractivity contribution >= 4 is 0 Å². The van der Waals surface area contributed by atoms with E-state index in [4.69, 9.17) is 0 Å². The minimum Gasteiger partial charge on any atom is -0.308 e. The van der Waals surface area contributed by atoms with Crippen LogP contribution in [0.1, 0.15) is 25.5 Å². The van der Waals surface area contributed by atoms with Gasteiger partial charge in [0.25, 0.3) is 0 Å². The third kappa shape index (κ3) is 2.52. The van der Waals surface area contributed by atoms with E-state index in [0.717, 1.165) is 18.2 Å². The van der Waals surface area contributed by atoms with Gasteiger partial charge in [0, 0.05) is 18.8 Å². The van der Waals surface area contributed by atoms with E-state index in [1.807, 2.05) is 18.3 Å². The van der Waals surface area contributed by atoms with Gasteiger partial charge in [0.1, 0.15) is 0 Å². The molecular formula is C11H16N2. The fourth-order valence-electron chi connectivity index (χ4n) is 1.53. The summed E-state index contributed by atoms with van der Waals surface area (Å²) in [5.41, 5.74) is 1.13. The van der Waals surface area contributed by atoms with E-state index in [1.165, 1.54) is 12.8 Å². The highest BCUT2D eigenvalue weighted by atomic mass is 14.9. The van der Waals surface area contributed by atoms with Gasteiger partial charge in [0.2, 0.25) is 0 Å². The molecule has 13 heavy (non-hydrogen) atoms. The highest BCUT2D eigenvalue weighted by molar-refractivity contribution is 5.03. The van der Waals surface area contributed by atoms with E-state index < -0.39 is 0 Å². The summed E-state index contributed by atoms with van der Waals surface area (Å²) in [6, 6.07) is 6.70. The molecule has 2 rings (SSSR count). The van der Waals surface area contributed by atoms with Gasteiger partial charge < -0.3 is 5.32 Å². The second-order valence-corrected chi connectivity index (χ2v) is 3.83. The monoisotopic (exact) mass is 176 g/mol. The van der Waals surface area contributed by atoms with Crippen LogP contribution in [0.4, 0.5) is 0 Å². The number of rotatable bonds is 4. The van der Waals surface area contributed by atoms with E-state index in [-0.39, 0.29) is 0 Å². The third-order valence-electron chi connectivity index (χ3n) is 2.66. The topological polar surface area (TPSA) is 24.9 Å². The molecule has 2 nitrogen and oxygen atoms in total. The predicted octanol–water partition coefficient (Wildman–Crippen LogP) is 1.97. The van der Waals surface area contributed by atoms with Gasteiger partial charge in [-0.25, -0.2) is 0 Å². The first kappa shape index (κ1) is 8.70. The second kappa shape index (κ2) is 3.88. The van der Waals surface area contributed by atoms with Crippen LogP contribution in [0.5, 0.6) is 0 Å². The molecule has 1 aromatic heterocycles. The molecule has 1 aliphatic rings. The van der Waals surface area contributed by atoms with E-state index in [1.54, 1.807) is 0 Å². The van der Waals surface area contributed by atoms with Crippen molar-refractivity contribution in [1.82, 2.24) is 10.3 Å². The Labute approximate surface area is 79.4 Å². The van der Waals surface area contributed by atoms with Gasteiger partial charge in [-0.05, 0) is 37.8 Å². The molecule has 0 aromatic carbocycles. The molecule has 0 radical (unpaired) electrons. The number of nitrogens with one attached hydrogen (secondary N) is 1. The molecule has 0 amide bonds. The normalized spacial score (nSPS) is 18.5. The molecule has 1 aromatic rings. The highest BCUT2D eigenvalue weighted by Gasteiger charge is 2.27. The van der Waals surface area contributed by atoms with Gasteiger partial charge in [-0.2, -0.15) is 0 Å². The van der Waals surface area contributed by atoms with Crippen LogP contribution in [0.25, 0.3) is 0 Å². The smallest absolute Gasteiger partial charge is 0.0541 e. The average Bonchev–Trinajstić information content (AvgIpc) is 2.99. The Hall–Kier alpha value is -0.890. The van der Waals surface area contributed by atoms with Crippen LogP contribution < -0.4 is 5.32 Å². The fraction of sp³-hybridized carbons (Fsp3) is 0.545. The van der Waals surface area contributed by atoms with Crippen LogP contribution >= 0.6 is 0 Å². The van der Waals surface area contributed by atoms with E-state index in [0.29, 0.717) is 6.04 Å². The Morgan fingerprint density at radius 3 is 3.00 bits per heavy atom.